The fraction of sp³-hybridized carbons (Fsp3) is 0.467. The Balaban J connectivity index is 1.91. The predicted molar refractivity (Wildman–Crippen MR) is 86.2 cm³/mol. The SMILES string of the molecule is CCCCOCCCNc1nc(NN)nc2ccccc12. The van der Waals surface area contributed by atoms with Gasteiger partial charge in [0, 0.05) is 25.1 Å². The number of hydrazine groups is 1. The molecule has 114 valence electrons. The predicted octanol–water partition coefficient (Wildman–Crippen LogP) is 2.53. The number of fused-ring (bicyclic) bond motifs is 1. The lowest BCUT2D eigenvalue weighted by Crippen LogP contribution is -2.13. The molecular formula is C15H23N5O. The number of hydrogen-bond acceptors (Lipinski definition) is 6. The molecule has 2 aromatic rings. The van der Waals surface area contributed by atoms with Gasteiger partial charge in [0.25, 0.3) is 0 Å². The first-order chi connectivity index (χ1) is 10.3. The van der Waals surface area contributed by atoms with Crippen molar-refractivity contribution in [1.82, 2.24) is 9.97 Å². The smallest absolute Gasteiger partial charge is 0.239 e. The Kier molecular flexibility index (Phi) is 6.18. The van der Waals surface area contributed by atoms with Crippen LogP contribution in [0.2, 0.25) is 0 Å². The van der Waals surface area contributed by atoms with Crippen LogP contribution in [0.3, 0.4) is 0 Å². The van der Waals surface area contributed by atoms with E-state index in [0.29, 0.717) is 5.95 Å². The van der Waals surface area contributed by atoms with E-state index in [0.717, 1.165) is 49.3 Å². The lowest BCUT2D eigenvalue weighted by molar-refractivity contribution is 0.131. The van der Waals surface area contributed by atoms with Crippen LogP contribution in [-0.2, 0) is 4.74 Å². The second-order valence-corrected chi connectivity index (χ2v) is 4.80. The number of rotatable bonds is 9. The van der Waals surface area contributed by atoms with E-state index in [9.17, 15) is 0 Å². The second-order valence-electron chi connectivity index (χ2n) is 4.80. The Morgan fingerprint density at radius 1 is 1.14 bits per heavy atom. The van der Waals surface area contributed by atoms with E-state index in [1.165, 1.54) is 6.42 Å². The van der Waals surface area contributed by atoms with Crippen LogP contribution < -0.4 is 16.6 Å². The second kappa shape index (κ2) is 8.39. The highest BCUT2D eigenvalue weighted by Crippen LogP contribution is 2.21. The maximum atomic E-state index is 5.54. The molecule has 0 amide bonds. The molecule has 21 heavy (non-hydrogen) atoms. The highest BCUT2D eigenvalue weighted by Gasteiger charge is 2.05. The summed E-state index contributed by atoms with van der Waals surface area (Å²) in [6, 6.07) is 7.86. The molecule has 0 spiro atoms. The molecule has 0 saturated carbocycles. The van der Waals surface area contributed by atoms with Gasteiger partial charge in [0.15, 0.2) is 0 Å². The molecule has 0 aliphatic rings. The summed E-state index contributed by atoms with van der Waals surface area (Å²) < 4.78 is 5.54. The summed E-state index contributed by atoms with van der Waals surface area (Å²) in [4.78, 5) is 8.69. The zero-order valence-corrected chi connectivity index (χ0v) is 12.4. The Morgan fingerprint density at radius 3 is 2.76 bits per heavy atom. The van der Waals surface area contributed by atoms with Crippen LogP contribution in [0.15, 0.2) is 24.3 Å². The van der Waals surface area contributed by atoms with Crippen LogP contribution >= 0.6 is 0 Å². The van der Waals surface area contributed by atoms with Gasteiger partial charge in [0.2, 0.25) is 5.95 Å². The first kappa shape index (κ1) is 15.5. The molecule has 0 saturated heterocycles. The molecular weight excluding hydrogens is 266 g/mol. The molecule has 1 heterocycles. The Morgan fingerprint density at radius 2 is 1.95 bits per heavy atom. The Hall–Kier alpha value is -1.92. The van der Waals surface area contributed by atoms with Gasteiger partial charge in [-0.3, -0.25) is 5.43 Å². The molecule has 2 rings (SSSR count). The van der Waals surface area contributed by atoms with Gasteiger partial charge in [0.05, 0.1) is 5.52 Å². The van der Waals surface area contributed by atoms with Crippen molar-refractivity contribution in [3.63, 3.8) is 0 Å². The first-order valence-corrected chi connectivity index (χ1v) is 7.40. The number of unbranched alkanes of at least 4 members (excludes halogenated alkanes) is 1. The zero-order valence-electron chi connectivity index (χ0n) is 12.4. The number of nitrogens with two attached hydrogens (primary N) is 1. The standard InChI is InChI=1S/C15H23N5O/c1-2-3-10-21-11-6-9-17-14-12-7-4-5-8-13(12)18-15(19-14)20-16/h4-5,7-8H,2-3,6,9-11,16H2,1H3,(H2,17,18,19,20). The third-order valence-electron chi connectivity index (χ3n) is 3.13. The summed E-state index contributed by atoms with van der Waals surface area (Å²) in [5.41, 5.74) is 3.36. The van der Waals surface area contributed by atoms with Crippen LogP contribution in [0.25, 0.3) is 10.9 Å². The van der Waals surface area contributed by atoms with Crippen molar-refractivity contribution in [1.29, 1.82) is 0 Å². The molecule has 1 aromatic heterocycles. The molecule has 0 unspecified atom stereocenters. The number of aromatic nitrogens is 2. The summed E-state index contributed by atoms with van der Waals surface area (Å²) in [5.74, 6) is 6.62. The van der Waals surface area contributed by atoms with Gasteiger partial charge >= 0.3 is 0 Å². The number of para-hydroxylation sites is 1. The minimum Gasteiger partial charge on any atom is -0.381 e. The first-order valence-electron chi connectivity index (χ1n) is 7.40. The topological polar surface area (TPSA) is 85.1 Å². The van der Waals surface area contributed by atoms with Crippen molar-refractivity contribution in [2.45, 2.75) is 26.2 Å². The number of nitrogen functional groups attached to an aromatic ring is 1. The molecule has 6 heteroatoms. The highest BCUT2D eigenvalue weighted by atomic mass is 16.5. The van der Waals surface area contributed by atoms with Crippen LogP contribution in [0.1, 0.15) is 26.2 Å². The maximum Gasteiger partial charge on any atom is 0.239 e. The van der Waals surface area contributed by atoms with Crippen molar-refractivity contribution in [3.05, 3.63) is 24.3 Å². The van der Waals surface area contributed by atoms with E-state index in [-0.39, 0.29) is 0 Å². The summed E-state index contributed by atoms with van der Waals surface area (Å²) in [7, 11) is 0. The van der Waals surface area contributed by atoms with Crippen LogP contribution in [0.4, 0.5) is 11.8 Å². The lowest BCUT2D eigenvalue weighted by atomic mass is 10.2. The number of benzene rings is 1. The minimum atomic E-state index is 0.412. The van der Waals surface area contributed by atoms with Crippen LogP contribution in [0.5, 0.6) is 0 Å². The fourth-order valence-corrected chi connectivity index (χ4v) is 2.01. The van der Waals surface area contributed by atoms with Gasteiger partial charge in [-0.2, -0.15) is 4.98 Å². The van der Waals surface area contributed by atoms with Crippen LogP contribution in [0, 0.1) is 0 Å². The molecule has 0 aliphatic carbocycles. The van der Waals surface area contributed by atoms with Crippen molar-refractivity contribution >= 4 is 22.7 Å². The Bertz CT molecular complexity index is 561. The van der Waals surface area contributed by atoms with Gasteiger partial charge in [-0.25, -0.2) is 10.8 Å². The van der Waals surface area contributed by atoms with Gasteiger partial charge < -0.3 is 10.1 Å². The van der Waals surface area contributed by atoms with Crippen molar-refractivity contribution in [3.8, 4) is 0 Å². The van der Waals surface area contributed by atoms with E-state index in [1.807, 2.05) is 24.3 Å². The molecule has 0 fully saturated rings. The molecule has 0 radical (unpaired) electrons. The normalized spacial score (nSPS) is 10.8. The average Bonchev–Trinajstić information content (AvgIpc) is 2.53. The van der Waals surface area contributed by atoms with Crippen molar-refractivity contribution < 1.29 is 4.74 Å². The van der Waals surface area contributed by atoms with E-state index in [4.69, 9.17) is 10.6 Å². The number of anilines is 2. The van der Waals surface area contributed by atoms with Gasteiger partial charge in [-0.1, -0.05) is 25.5 Å². The van der Waals surface area contributed by atoms with Crippen molar-refractivity contribution in [2.24, 2.45) is 5.84 Å². The number of hydrogen-bond donors (Lipinski definition) is 3. The Labute approximate surface area is 125 Å². The van der Waals surface area contributed by atoms with E-state index in [1.54, 1.807) is 0 Å². The third kappa shape index (κ3) is 4.54. The number of nitrogens with zero attached hydrogens (tertiary/aromatic N) is 2. The van der Waals surface area contributed by atoms with Gasteiger partial charge in [0.1, 0.15) is 5.82 Å². The average molecular weight is 289 g/mol. The molecule has 0 bridgehead atoms. The van der Waals surface area contributed by atoms with Crippen molar-refractivity contribution in [2.75, 3.05) is 30.5 Å². The minimum absolute atomic E-state index is 0.412. The van der Waals surface area contributed by atoms with Crippen LogP contribution in [-0.4, -0.2) is 29.7 Å². The zero-order chi connectivity index (χ0) is 14.9. The summed E-state index contributed by atoms with van der Waals surface area (Å²) in [6.45, 7) is 4.57. The molecule has 0 atom stereocenters. The third-order valence-corrected chi connectivity index (χ3v) is 3.13. The summed E-state index contributed by atoms with van der Waals surface area (Å²) in [6.07, 6.45) is 3.23. The quantitative estimate of drug-likeness (QED) is 0.374. The monoisotopic (exact) mass is 289 g/mol. The van der Waals surface area contributed by atoms with E-state index in [2.05, 4.69) is 27.6 Å². The molecule has 6 nitrogen and oxygen atoms in total. The van der Waals surface area contributed by atoms with Gasteiger partial charge in [-0.15, -0.1) is 0 Å². The lowest BCUT2D eigenvalue weighted by Gasteiger charge is -2.10. The van der Waals surface area contributed by atoms with E-state index >= 15 is 0 Å². The molecule has 0 aliphatic heterocycles. The number of ether oxygens (including phenoxy) is 1. The fourth-order valence-electron chi connectivity index (χ4n) is 2.01. The summed E-state index contributed by atoms with van der Waals surface area (Å²) in [5, 5.41) is 4.32. The number of nitrogens with one attached hydrogen (secondary N) is 2. The van der Waals surface area contributed by atoms with E-state index < -0.39 is 0 Å². The summed E-state index contributed by atoms with van der Waals surface area (Å²) >= 11 is 0. The highest BCUT2D eigenvalue weighted by molar-refractivity contribution is 5.89. The maximum absolute atomic E-state index is 5.54. The molecule has 1 aromatic carbocycles. The largest absolute Gasteiger partial charge is 0.381 e. The van der Waals surface area contributed by atoms with Gasteiger partial charge in [-0.05, 0) is 25.0 Å². The molecule has 4 N–H and O–H groups in total.